The van der Waals surface area contributed by atoms with Crippen molar-refractivity contribution in [2.24, 2.45) is 0 Å². The van der Waals surface area contributed by atoms with E-state index in [1.54, 1.807) is 44.2 Å². The average molecular weight is 465 g/mol. The summed E-state index contributed by atoms with van der Waals surface area (Å²) in [7, 11) is 0. The Morgan fingerprint density at radius 1 is 1.22 bits per heavy atom. The van der Waals surface area contributed by atoms with E-state index in [0.717, 1.165) is 10.5 Å². The highest BCUT2D eigenvalue weighted by molar-refractivity contribution is 6.30. The molecule has 1 aliphatic heterocycles. The minimum Gasteiger partial charge on any atom is -0.488 e. The maximum atomic E-state index is 14.4. The Bertz CT molecular complexity index is 957. The summed E-state index contributed by atoms with van der Waals surface area (Å²) in [5.74, 6) is -0.450. The molecule has 1 saturated heterocycles. The first kappa shape index (κ1) is 23.6. The summed E-state index contributed by atoms with van der Waals surface area (Å²) in [5, 5.41) is 15.4. The van der Waals surface area contributed by atoms with Gasteiger partial charge >= 0.3 is 12.1 Å². The van der Waals surface area contributed by atoms with Gasteiger partial charge in [0.1, 0.15) is 0 Å². The maximum absolute atomic E-state index is 14.4. The summed E-state index contributed by atoms with van der Waals surface area (Å²) >= 11 is 5.95. The van der Waals surface area contributed by atoms with Crippen LogP contribution in [0.5, 0.6) is 5.75 Å². The van der Waals surface area contributed by atoms with Crippen molar-refractivity contribution in [1.29, 1.82) is 0 Å². The number of carbonyl (C=O) groups is 2. The Balaban J connectivity index is 1.84. The molecule has 2 aromatic rings. The van der Waals surface area contributed by atoms with Crippen molar-refractivity contribution in [2.45, 2.75) is 39.2 Å². The Kier molecular flexibility index (Phi) is 7.76. The van der Waals surface area contributed by atoms with Gasteiger partial charge in [0.05, 0.1) is 12.6 Å². The predicted octanol–water partition coefficient (Wildman–Crippen LogP) is 3.99. The molecule has 8 nitrogen and oxygen atoms in total. The molecular weight excluding hydrogens is 439 g/mol. The normalized spacial score (nSPS) is 16.4. The SMILES string of the molecule is CC(C)Oc1ccc(NC2NC(=O)N(CCCO)C(=O)N2Cc2ccc(Cl)cc2)cc1F. The van der Waals surface area contributed by atoms with Gasteiger partial charge < -0.3 is 15.2 Å². The number of aliphatic hydroxyl groups excluding tert-OH is 1. The summed E-state index contributed by atoms with van der Waals surface area (Å²) in [4.78, 5) is 28.1. The minimum atomic E-state index is -0.924. The summed E-state index contributed by atoms with van der Waals surface area (Å²) in [6.07, 6.45) is -0.847. The number of aliphatic hydroxyl groups is 1. The molecule has 2 aromatic carbocycles. The summed E-state index contributed by atoms with van der Waals surface area (Å²) in [6.45, 7) is 3.68. The molecule has 10 heteroatoms. The van der Waals surface area contributed by atoms with Crippen LogP contribution in [0.1, 0.15) is 25.8 Å². The molecule has 4 amide bonds. The van der Waals surface area contributed by atoms with E-state index in [4.69, 9.17) is 21.4 Å². The molecule has 172 valence electrons. The number of benzene rings is 2. The smallest absolute Gasteiger partial charge is 0.331 e. The second kappa shape index (κ2) is 10.5. The van der Waals surface area contributed by atoms with E-state index in [-0.39, 0.29) is 38.0 Å². The summed E-state index contributed by atoms with van der Waals surface area (Å²) in [5.41, 5.74) is 1.15. The molecule has 0 bridgehead atoms. The third-order valence-electron chi connectivity index (χ3n) is 4.70. The van der Waals surface area contributed by atoms with Crippen molar-refractivity contribution in [3.05, 3.63) is 58.9 Å². The van der Waals surface area contributed by atoms with Crippen molar-refractivity contribution in [3.8, 4) is 5.75 Å². The number of imide groups is 1. The van der Waals surface area contributed by atoms with Gasteiger partial charge in [-0.25, -0.2) is 18.9 Å². The third-order valence-corrected chi connectivity index (χ3v) is 4.95. The monoisotopic (exact) mass is 464 g/mol. The number of hydrogen-bond donors (Lipinski definition) is 3. The zero-order chi connectivity index (χ0) is 23.3. The van der Waals surface area contributed by atoms with Crippen molar-refractivity contribution in [2.75, 3.05) is 18.5 Å². The van der Waals surface area contributed by atoms with E-state index in [2.05, 4.69) is 10.6 Å². The lowest BCUT2D eigenvalue weighted by Crippen LogP contribution is -2.67. The first-order valence-electron chi connectivity index (χ1n) is 10.2. The number of rotatable bonds is 9. The van der Waals surface area contributed by atoms with Gasteiger partial charge in [0.2, 0.25) is 0 Å². The molecular formula is C22H26ClFN4O4. The van der Waals surface area contributed by atoms with Crippen LogP contribution in [0.3, 0.4) is 0 Å². The molecule has 0 aliphatic carbocycles. The fraction of sp³-hybridized carbons (Fsp3) is 0.364. The molecule has 0 spiro atoms. The second-order valence-electron chi connectivity index (χ2n) is 7.57. The van der Waals surface area contributed by atoms with Crippen molar-refractivity contribution < 1.29 is 23.8 Å². The number of hydrogen-bond acceptors (Lipinski definition) is 5. The maximum Gasteiger partial charge on any atom is 0.331 e. The van der Waals surface area contributed by atoms with E-state index in [9.17, 15) is 14.0 Å². The van der Waals surface area contributed by atoms with Gasteiger partial charge in [0, 0.05) is 29.9 Å². The van der Waals surface area contributed by atoms with Crippen LogP contribution in [-0.2, 0) is 6.54 Å². The van der Waals surface area contributed by atoms with E-state index in [1.807, 2.05) is 0 Å². The molecule has 32 heavy (non-hydrogen) atoms. The largest absolute Gasteiger partial charge is 0.488 e. The van der Waals surface area contributed by atoms with Crippen LogP contribution in [0.2, 0.25) is 5.02 Å². The van der Waals surface area contributed by atoms with Crippen LogP contribution in [0, 0.1) is 5.82 Å². The topological polar surface area (TPSA) is 94.1 Å². The minimum absolute atomic E-state index is 0.0703. The summed E-state index contributed by atoms with van der Waals surface area (Å²) < 4.78 is 19.8. The lowest BCUT2D eigenvalue weighted by atomic mass is 10.2. The molecule has 3 N–H and O–H groups in total. The van der Waals surface area contributed by atoms with Gasteiger partial charge in [-0.1, -0.05) is 23.7 Å². The number of nitrogens with zero attached hydrogens (tertiary/aromatic N) is 2. The Morgan fingerprint density at radius 2 is 1.94 bits per heavy atom. The highest BCUT2D eigenvalue weighted by Gasteiger charge is 2.38. The van der Waals surface area contributed by atoms with E-state index >= 15 is 0 Å². The molecule has 3 rings (SSSR count). The van der Waals surface area contributed by atoms with Gasteiger partial charge in [-0.3, -0.25) is 10.2 Å². The molecule has 0 radical (unpaired) electrons. The highest BCUT2D eigenvalue weighted by atomic mass is 35.5. The molecule has 1 fully saturated rings. The molecule has 1 unspecified atom stereocenters. The highest BCUT2D eigenvalue weighted by Crippen LogP contribution is 2.24. The van der Waals surface area contributed by atoms with E-state index < -0.39 is 24.2 Å². The number of amides is 4. The number of halogens is 2. The fourth-order valence-corrected chi connectivity index (χ4v) is 3.33. The predicted molar refractivity (Wildman–Crippen MR) is 119 cm³/mol. The summed E-state index contributed by atoms with van der Waals surface area (Å²) in [6, 6.07) is 10.2. The van der Waals surface area contributed by atoms with Gasteiger partial charge in [-0.2, -0.15) is 0 Å². The number of anilines is 1. The number of nitrogens with one attached hydrogen (secondary N) is 2. The quantitative estimate of drug-likeness (QED) is 0.521. The molecule has 0 aromatic heterocycles. The number of urea groups is 2. The second-order valence-corrected chi connectivity index (χ2v) is 8.01. The molecule has 1 atom stereocenters. The van der Waals surface area contributed by atoms with Crippen LogP contribution >= 0.6 is 11.6 Å². The van der Waals surface area contributed by atoms with Gasteiger partial charge in [-0.05, 0) is 50.1 Å². The van der Waals surface area contributed by atoms with Crippen LogP contribution in [0.25, 0.3) is 0 Å². The average Bonchev–Trinajstić information content (AvgIpc) is 2.74. The van der Waals surface area contributed by atoms with Crippen molar-refractivity contribution in [3.63, 3.8) is 0 Å². The van der Waals surface area contributed by atoms with Gasteiger partial charge in [0.15, 0.2) is 17.9 Å². The third kappa shape index (κ3) is 5.80. The fourth-order valence-electron chi connectivity index (χ4n) is 3.21. The first-order chi connectivity index (χ1) is 15.3. The van der Waals surface area contributed by atoms with E-state index in [1.165, 1.54) is 17.0 Å². The van der Waals surface area contributed by atoms with Crippen LogP contribution < -0.4 is 15.4 Å². The van der Waals surface area contributed by atoms with E-state index in [0.29, 0.717) is 10.7 Å². The lowest BCUT2D eigenvalue weighted by molar-refractivity contribution is 0.104. The van der Waals surface area contributed by atoms with Crippen molar-refractivity contribution >= 4 is 29.4 Å². The lowest BCUT2D eigenvalue weighted by Gasteiger charge is -2.41. The standard InChI is InChI=1S/C22H26ClFN4O4/c1-14(2)32-19-9-8-17(12-18(19)24)25-20-26-21(30)27(10-3-11-29)22(31)28(20)13-15-4-6-16(23)7-5-15/h4-9,12,14,20,25,29H,3,10-11,13H2,1-2H3,(H,26,30). The zero-order valence-corrected chi connectivity index (χ0v) is 18.6. The molecule has 1 aliphatic rings. The Morgan fingerprint density at radius 3 is 2.56 bits per heavy atom. The molecule has 0 saturated carbocycles. The number of carbonyl (C=O) groups excluding carboxylic acids is 2. The van der Waals surface area contributed by atoms with Gasteiger partial charge in [0.25, 0.3) is 0 Å². The van der Waals surface area contributed by atoms with Crippen LogP contribution in [-0.4, -0.2) is 52.5 Å². The van der Waals surface area contributed by atoms with Crippen molar-refractivity contribution in [1.82, 2.24) is 15.1 Å². The van der Waals surface area contributed by atoms with Gasteiger partial charge in [-0.15, -0.1) is 0 Å². The zero-order valence-electron chi connectivity index (χ0n) is 17.8. The van der Waals surface area contributed by atoms with Crippen LogP contribution in [0.4, 0.5) is 19.7 Å². The Labute approximate surface area is 190 Å². The molecule has 1 heterocycles. The van der Waals surface area contributed by atoms with Crippen LogP contribution in [0.15, 0.2) is 42.5 Å². The Hall–Kier alpha value is -3.04. The first-order valence-corrected chi connectivity index (χ1v) is 10.6. The number of ether oxygens (including phenoxy) is 1.